The minimum absolute atomic E-state index is 0.221. The molecule has 0 fully saturated rings. The zero-order valence-corrected chi connectivity index (χ0v) is 12.7. The van der Waals surface area contributed by atoms with Crippen molar-refractivity contribution < 1.29 is 0 Å². The summed E-state index contributed by atoms with van der Waals surface area (Å²) in [5.41, 5.74) is 2.49. The van der Waals surface area contributed by atoms with E-state index < -0.39 is 0 Å². The molecule has 0 amide bonds. The Hall–Kier alpha value is -1.19. The number of thiazole rings is 1. The summed E-state index contributed by atoms with van der Waals surface area (Å²) in [6.07, 6.45) is 1.13. The second kappa shape index (κ2) is 6.83. The average molecular weight is 274 g/mol. The Balaban J connectivity index is 2.26. The highest BCUT2D eigenvalue weighted by molar-refractivity contribution is 7.09. The van der Waals surface area contributed by atoms with Gasteiger partial charge in [0.05, 0.1) is 11.7 Å². The first-order chi connectivity index (χ1) is 9.22. The fourth-order valence-electron chi connectivity index (χ4n) is 1.98. The smallest absolute Gasteiger partial charge is 0.114 e. The fourth-order valence-corrected chi connectivity index (χ4v) is 3.06. The van der Waals surface area contributed by atoms with Crippen LogP contribution in [-0.4, -0.2) is 11.5 Å². The standard InChI is InChI=1S/C16H22N2S/c1-4-10-17-15(13-8-6-5-7-9-13)16-18-14(11-19-16)12(2)3/h5-9,11-12,15,17H,4,10H2,1-3H3. The SMILES string of the molecule is CCCNC(c1ccccc1)c1nc(C(C)C)cs1. The van der Waals surface area contributed by atoms with E-state index in [1.807, 2.05) is 0 Å². The Morgan fingerprint density at radius 2 is 1.95 bits per heavy atom. The Kier molecular flexibility index (Phi) is 5.11. The van der Waals surface area contributed by atoms with Crippen molar-refractivity contribution in [2.24, 2.45) is 0 Å². The molecule has 1 N–H and O–H groups in total. The van der Waals surface area contributed by atoms with Crippen molar-refractivity contribution >= 4 is 11.3 Å². The van der Waals surface area contributed by atoms with Gasteiger partial charge in [0, 0.05) is 5.38 Å². The first kappa shape index (κ1) is 14.2. The van der Waals surface area contributed by atoms with Gasteiger partial charge in [0.15, 0.2) is 0 Å². The number of hydrogen-bond donors (Lipinski definition) is 1. The molecule has 1 atom stereocenters. The molecule has 0 aliphatic heterocycles. The molecule has 102 valence electrons. The van der Waals surface area contributed by atoms with E-state index >= 15 is 0 Å². The highest BCUT2D eigenvalue weighted by Gasteiger charge is 2.17. The average Bonchev–Trinajstić information content (AvgIpc) is 2.90. The molecule has 3 heteroatoms. The number of rotatable bonds is 6. The van der Waals surface area contributed by atoms with Gasteiger partial charge in [-0.05, 0) is 24.4 Å². The lowest BCUT2D eigenvalue weighted by atomic mass is 10.1. The van der Waals surface area contributed by atoms with E-state index in [9.17, 15) is 0 Å². The lowest BCUT2D eigenvalue weighted by Crippen LogP contribution is -2.23. The fraction of sp³-hybridized carbons (Fsp3) is 0.438. The lowest BCUT2D eigenvalue weighted by molar-refractivity contribution is 0.593. The zero-order valence-electron chi connectivity index (χ0n) is 11.9. The summed E-state index contributed by atoms with van der Waals surface area (Å²) in [7, 11) is 0. The van der Waals surface area contributed by atoms with Crippen LogP contribution in [0.25, 0.3) is 0 Å². The molecule has 0 spiro atoms. The first-order valence-corrected chi connectivity index (χ1v) is 7.84. The maximum atomic E-state index is 4.80. The maximum absolute atomic E-state index is 4.80. The number of nitrogens with one attached hydrogen (secondary N) is 1. The van der Waals surface area contributed by atoms with Crippen molar-refractivity contribution in [3.05, 3.63) is 52.0 Å². The number of hydrogen-bond acceptors (Lipinski definition) is 3. The molecule has 0 aliphatic rings. The van der Waals surface area contributed by atoms with E-state index in [4.69, 9.17) is 4.98 Å². The van der Waals surface area contributed by atoms with Crippen LogP contribution in [0.1, 0.15) is 55.4 Å². The van der Waals surface area contributed by atoms with Crippen LogP contribution < -0.4 is 5.32 Å². The van der Waals surface area contributed by atoms with Gasteiger partial charge in [-0.25, -0.2) is 4.98 Å². The van der Waals surface area contributed by atoms with Gasteiger partial charge in [0.25, 0.3) is 0 Å². The van der Waals surface area contributed by atoms with Crippen LogP contribution in [0.4, 0.5) is 0 Å². The molecule has 0 radical (unpaired) electrons. The van der Waals surface area contributed by atoms with Gasteiger partial charge < -0.3 is 5.32 Å². The monoisotopic (exact) mass is 274 g/mol. The summed E-state index contributed by atoms with van der Waals surface area (Å²) in [4.78, 5) is 4.80. The summed E-state index contributed by atoms with van der Waals surface area (Å²) >= 11 is 1.76. The topological polar surface area (TPSA) is 24.9 Å². The van der Waals surface area contributed by atoms with Gasteiger partial charge in [-0.15, -0.1) is 11.3 Å². The second-order valence-corrected chi connectivity index (χ2v) is 5.95. The number of aromatic nitrogens is 1. The van der Waals surface area contributed by atoms with E-state index in [1.165, 1.54) is 16.3 Å². The molecular formula is C16H22N2S. The summed E-state index contributed by atoms with van der Waals surface area (Å²) in [6.45, 7) is 7.58. The van der Waals surface area contributed by atoms with Gasteiger partial charge in [0.1, 0.15) is 5.01 Å². The number of benzene rings is 1. The first-order valence-electron chi connectivity index (χ1n) is 6.96. The van der Waals surface area contributed by atoms with Gasteiger partial charge in [-0.1, -0.05) is 51.1 Å². The summed E-state index contributed by atoms with van der Waals surface area (Å²) < 4.78 is 0. The van der Waals surface area contributed by atoms with Crippen molar-refractivity contribution in [1.29, 1.82) is 0 Å². The van der Waals surface area contributed by atoms with Crippen molar-refractivity contribution in [2.75, 3.05) is 6.54 Å². The Bertz CT molecular complexity index is 490. The van der Waals surface area contributed by atoms with Gasteiger partial charge in [-0.2, -0.15) is 0 Å². The van der Waals surface area contributed by atoms with Gasteiger partial charge in [0.2, 0.25) is 0 Å². The van der Waals surface area contributed by atoms with Crippen LogP contribution in [0.2, 0.25) is 0 Å². The normalized spacial score (nSPS) is 12.8. The third kappa shape index (κ3) is 3.64. The number of nitrogens with zero attached hydrogens (tertiary/aromatic N) is 1. The third-order valence-electron chi connectivity index (χ3n) is 3.11. The van der Waals surface area contributed by atoms with Crippen LogP contribution in [0.3, 0.4) is 0 Å². The predicted octanol–water partition coefficient (Wildman–Crippen LogP) is 4.36. The summed E-state index contributed by atoms with van der Waals surface area (Å²) in [5, 5.41) is 6.96. The van der Waals surface area contributed by atoms with Crippen LogP contribution in [0.5, 0.6) is 0 Å². The van der Waals surface area contributed by atoms with E-state index in [2.05, 4.69) is 61.8 Å². The van der Waals surface area contributed by atoms with Crippen LogP contribution in [-0.2, 0) is 0 Å². The largest absolute Gasteiger partial charge is 0.304 e. The predicted molar refractivity (Wildman–Crippen MR) is 82.8 cm³/mol. The van der Waals surface area contributed by atoms with Crippen LogP contribution in [0, 0.1) is 0 Å². The third-order valence-corrected chi connectivity index (χ3v) is 4.04. The lowest BCUT2D eigenvalue weighted by Gasteiger charge is -2.16. The molecule has 1 aromatic carbocycles. The molecule has 1 unspecified atom stereocenters. The zero-order chi connectivity index (χ0) is 13.7. The van der Waals surface area contributed by atoms with Crippen molar-refractivity contribution in [1.82, 2.24) is 10.3 Å². The summed E-state index contributed by atoms with van der Waals surface area (Å²) in [6, 6.07) is 10.8. The molecule has 0 saturated heterocycles. The minimum atomic E-state index is 0.221. The van der Waals surface area contributed by atoms with Crippen molar-refractivity contribution in [3.8, 4) is 0 Å². The molecule has 19 heavy (non-hydrogen) atoms. The Morgan fingerprint density at radius 1 is 1.21 bits per heavy atom. The van der Waals surface area contributed by atoms with Crippen molar-refractivity contribution in [3.63, 3.8) is 0 Å². The molecule has 1 aromatic heterocycles. The minimum Gasteiger partial charge on any atom is -0.304 e. The van der Waals surface area contributed by atoms with Crippen molar-refractivity contribution in [2.45, 2.75) is 39.2 Å². The molecular weight excluding hydrogens is 252 g/mol. The molecule has 0 saturated carbocycles. The second-order valence-electron chi connectivity index (χ2n) is 5.06. The molecule has 2 rings (SSSR count). The molecule has 2 nitrogen and oxygen atoms in total. The molecule has 1 heterocycles. The van der Waals surface area contributed by atoms with Gasteiger partial charge in [-0.3, -0.25) is 0 Å². The highest BCUT2D eigenvalue weighted by atomic mass is 32.1. The Morgan fingerprint density at radius 3 is 2.53 bits per heavy atom. The highest BCUT2D eigenvalue weighted by Crippen LogP contribution is 2.27. The molecule has 0 aliphatic carbocycles. The van der Waals surface area contributed by atoms with Crippen LogP contribution in [0.15, 0.2) is 35.7 Å². The Labute approximate surface area is 119 Å². The molecule has 0 bridgehead atoms. The maximum Gasteiger partial charge on any atom is 0.114 e. The molecule has 2 aromatic rings. The van der Waals surface area contributed by atoms with Gasteiger partial charge >= 0.3 is 0 Å². The van der Waals surface area contributed by atoms with E-state index in [1.54, 1.807) is 11.3 Å². The van der Waals surface area contributed by atoms with Crippen LogP contribution >= 0.6 is 11.3 Å². The van der Waals surface area contributed by atoms with E-state index in [0.717, 1.165) is 13.0 Å². The quantitative estimate of drug-likeness (QED) is 0.847. The van der Waals surface area contributed by atoms with E-state index in [0.29, 0.717) is 5.92 Å². The summed E-state index contributed by atoms with van der Waals surface area (Å²) in [5.74, 6) is 0.493. The van der Waals surface area contributed by atoms with E-state index in [-0.39, 0.29) is 6.04 Å².